The molecule has 0 aliphatic carbocycles. The lowest BCUT2D eigenvalue weighted by atomic mass is 10.1. The molecular weight excluding hydrogens is 314 g/mol. The van der Waals surface area contributed by atoms with Gasteiger partial charge in [-0.15, -0.1) is 0 Å². The van der Waals surface area contributed by atoms with Crippen LogP contribution in [0.1, 0.15) is 23.1 Å². The van der Waals surface area contributed by atoms with E-state index in [1.807, 2.05) is 30.3 Å². The third-order valence-corrected chi connectivity index (χ3v) is 6.36. The summed E-state index contributed by atoms with van der Waals surface area (Å²) in [6.45, 7) is 4.58. The maximum Gasteiger partial charge on any atom is 0.246 e. The van der Waals surface area contributed by atoms with Crippen molar-refractivity contribution < 1.29 is 13.2 Å². The van der Waals surface area contributed by atoms with Gasteiger partial charge in [0, 0.05) is 20.1 Å². The third kappa shape index (κ3) is 2.91. The first-order chi connectivity index (χ1) is 10.9. The summed E-state index contributed by atoms with van der Waals surface area (Å²) in [5.41, 5.74) is 2.19. The van der Waals surface area contributed by atoms with E-state index in [1.54, 1.807) is 25.6 Å². The van der Waals surface area contributed by atoms with E-state index in [0.717, 1.165) is 5.56 Å². The largest absolute Gasteiger partial charge is 0.371 e. The van der Waals surface area contributed by atoms with Gasteiger partial charge in [0.05, 0.1) is 24.1 Å². The average molecular weight is 335 g/mol. The Balaban J connectivity index is 1.91. The van der Waals surface area contributed by atoms with Crippen molar-refractivity contribution in [2.75, 3.05) is 19.7 Å². The van der Waals surface area contributed by atoms with E-state index in [9.17, 15) is 8.42 Å². The molecule has 1 unspecified atom stereocenters. The van der Waals surface area contributed by atoms with Gasteiger partial charge in [-0.2, -0.15) is 9.40 Å². The summed E-state index contributed by atoms with van der Waals surface area (Å²) in [5.74, 6) is 0. The van der Waals surface area contributed by atoms with Crippen LogP contribution in [0.5, 0.6) is 0 Å². The Kier molecular flexibility index (Phi) is 4.27. The van der Waals surface area contributed by atoms with Crippen molar-refractivity contribution in [3.05, 3.63) is 47.3 Å². The minimum atomic E-state index is -3.57. The Morgan fingerprint density at radius 3 is 2.52 bits per heavy atom. The zero-order valence-electron chi connectivity index (χ0n) is 13.6. The summed E-state index contributed by atoms with van der Waals surface area (Å²) in [6.07, 6.45) is -0.239. The van der Waals surface area contributed by atoms with E-state index in [2.05, 4.69) is 5.10 Å². The number of rotatable bonds is 3. The monoisotopic (exact) mass is 335 g/mol. The van der Waals surface area contributed by atoms with Crippen molar-refractivity contribution in [2.24, 2.45) is 7.05 Å². The Bertz CT molecular complexity index is 799. The van der Waals surface area contributed by atoms with Crippen LogP contribution in [0, 0.1) is 13.8 Å². The van der Waals surface area contributed by atoms with Gasteiger partial charge in [-0.25, -0.2) is 8.42 Å². The van der Waals surface area contributed by atoms with E-state index in [-0.39, 0.29) is 6.10 Å². The summed E-state index contributed by atoms with van der Waals surface area (Å²) in [5, 5.41) is 4.23. The van der Waals surface area contributed by atoms with Crippen molar-refractivity contribution >= 4 is 10.0 Å². The lowest BCUT2D eigenvalue weighted by molar-refractivity contribution is -0.00257. The zero-order chi connectivity index (χ0) is 16.6. The summed E-state index contributed by atoms with van der Waals surface area (Å²) >= 11 is 0. The molecule has 0 amide bonds. The fourth-order valence-electron chi connectivity index (χ4n) is 2.97. The molecule has 1 fully saturated rings. The molecule has 0 radical (unpaired) electrons. The molecule has 0 N–H and O–H groups in total. The molecule has 23 heavy (non-hydrogen) atoms. The van der Waals surface area contributed by atoms with Crippen LogP contribution in [0.25, 0.3) is 0 Å². The number of aromatic nitrogens is 2. The lowest BCUT2D eigenvalue weighted by Crippen LogP contribution is -2.42. The molecule has 1 aliphatic rings. The minimum Gasteiger partial charge on any atom is -0.371 e. The zero-order valence-corrected chi connectivity index (χ0v) is 14.4. The molecule has 0 spiro atoms. The van der Waals surface area contributed by atoms with Crippen LogP contribution in [-0.4, -0.2) is 42.2 Å². The second kappa shape index (κ2) is 6.07. The molecule has 1 aromatic heterocycles. The number of aryl methyl sites for hydroxylation is 2. The minimum absolute atomic E-state index is 0.239. The van der Waals surface area contributed by atoms with Crippen molar-refractivity contribution in [3.63, 3.8) is 0 Å². The van der Waals surface area contributed by atoms with E-state index >= 15 is 0 Å². The first-order valence-electron chi connectivity index (χ1n) is 7.58. The molecule has 2 aromatic rings. The second-order valence-electron chi connectivity index (χ2n) is 5.76. The third-order valence-electron chi connectivity index (χ3n) is 4.24. The Labute approximate surface area is 136 Å². The Morgan fingerprint density at radius 2 is 1.91 bits per heavy atom. The number of nitrogens with zero attached hydrogens (tertiary/aromatic N) is 3. The second-order valence-corrected chi connectivity index (χ2v) is 7.63. The lowest BCUT2D eigenvalue weighted by Gasteiger charge is -2.32. The van der Waals surface area contributed by atoms with Crippen molar-refractivity contribution in [3.8, 4) is 0 Å². The SMILES string of the molecule is Cc1nn(C)c(C)c1S(=O)(=O)N1CCOC(c2ccccc2)C1. The highest BCUT2D eigenvalue weighted by atomic mass is 32.2. The van der Waals surface area contributed by atoms with E-state index in [0.29, 0.717) is 36.0 Å². The molecule has 1 aliphatic heterocycles. The normalized spacial score (nSPS) is 19.9. The Morgan fingerprint density at radius 1 is 1.22 bits per heavy atom. The van der Waals surface area contributed by atoms with Gasteiger partial charge in [0.2, 0.25) is 10.0 Å². The summed E-state index contributed by atoms with van der Waals surface area (Å²) in [6, 6.07) is 9.72. The van der Waals surface area contributed by atoms with Crippen LogP contribution in [-0.2, 0) is 21.8 Å². The predicted octanol–water partition coefficient (Wildman–Crippen LogP) is 1.80. The summed E-state index contributed by atoms with van der Waals surface area (Å²) in [7, 11) is -1.82. The van der Waals surface area contributed by atoms with Crippen LogP contribution < -0.4 is 0 Å². The van der Waals surface area contributed by atoms with Crippen molar-refractivity contribution in [2.45, 2.75) is 24.8 Å². The highest BCUT2D eigenvalue weighted by Crippen LogP contribution is 2.28. The van der Waals surface area contributed by atoms with Gasteiger partial charge < -0.3 is 4.74 Å². The van der Waals surface area contributed by atoms with E-state index in [1.165, 1.54) is 4.31 Å². The van der Waals surface area contributed by atoms with Crippen LogP contribution >= 0.6 is 0 Å². The molecule has 7 heteroatoms. The van der Waals surface area contributed by atoms with Gasteiger partial charge in [-0.1, -0.05) is 30.3 Å². The van der Waals surface area contributed by atoms with Crippen molar-refractivity contribution in [1.29, 1.82) is 0 Å². The maximum absolute atomic E-state index is 13.0. The molecule has 1 aromatic carbocycles. The molecule has 0 saturated carbocycles. The number of ether oxygens (including phenoxy) is 1. The number of benzene rings is 1. The van der Waals surface area contributed by atoms with E-state index < -0.39 is 10.0 Å². The number of sulfonamides is 1. The van der Waals surface area contributed by atoms with Gasteiger partial charge in [-0.3, -0.25) is 4.68 Å². The van der Waals surface area contributed by atoms with Crippen LogP contribution in [0.15, 0.2) is 35.2 Å². The average Bonchev–Trinajstić information content (AvgIpc) is 2.81. The highest BCUT2D eigenvalue weighted by Gasteiger charge is 2.34. The van der Waals surface area contributed by atoms with Gasteiger partial charge in [0.25, 0.3) is 0 Å². The first kappa shape index (κ1) is 16.2. The van der Waals surface area contributed by atoms with Crippen LogP contribution in [0.2, 0.25) is 0 Å². The van der Waals surface area contributed by atoms with Crippen LogP contribution in [0.4, 0.5) is 0 Å². The fourth-order valence-corrected chi connectivity index (χ4v) is 4.79. The van der Waals surface area contributed by atoms with Gasteiger partial charge >= 0.3 is 0 Å². The first-order valence-corrected chi connectivity index (χ1v) is 9.02. The highest BCUT2D eigenvalue weighted by molar-refractivity contribution is 7.89. The number of morpholine rings is 1. The molecule has 1 saturated heterocycles. The molecular formula is C16H21N3O3S. The van der Waals surface area contributed by atoms with Gasteiger partial charge in [0.15, 0.2) is 0 Å². The predicted molar refractivity (Wildman–Crippen MR) is 86.6 cm³/mol. The Hall–Kier alpha value is -1.70. The molecule has 6 nitrogen and oxygen atoms in total. The fraction of sp³-hybridized carbons (Fsp3) is 0.438. The van der Waals surface area contributed by atoms with Gasteiger partial charge in [-0.05, 0) is 19.4 Å². The molecule has 0 bridgehead atoms. The van der Waals surface area contributed by atoms with Gasteiger partial charge in [0.1, 0.15) is 4.90 Å². The summed E-state index contributed by atoms with van der Waals surface area (Å²) in [4.78, 5) is 0.314. The standard InChI is InChI=1S/C16H21N3O3S/c1-12-16(13(2)18(3)17-12)23(20,21)19-9-10-22-15(11-19)14-7-5-4-6-8-14/h4-8,15H,9-11H2,1-3H3. The van der Waals surface area contributed by atoms with Crippen molar-refractivity contribution in [1.82, 2.24) is 14.1 Å². The smallest absolute Gasteiger partial charge is 0.246 e. The molecule has 3 rings (SSSR count). The molecule has 1 atom stereocenters. The molecule has 124 valence electrons. The molecule has 2 heterocycles. The maximum atomic E-state index is 13.0. The quantitative estimate of drug-likeness (QED) is 0.858. The topological polar surface area (TPSA) is 64.4 Å². The number of hydrogen-bond acceptors (Lipinski definition) is 4. The number of hydrogen-bond donors (Lipinski definition) is 0. The van der Waals surface area contributed by atoms with Crippen LogP contribution in [0.3, 0.4) is 0 Å². The van der Waals surface area contributed by atoms with E-state index in [4.69, 9.17) is 4.74 Å². The summed E-state index contributed by atoms with van der Waals surface area (Å²) < 4.78 is 34.9.